The highest BCUT2D eigenvalue weighted by atomic mass is 16.2. The predicted molar refractivity (Wildman–Crippen MR) is 95.5 cm³/mol. The molecule has 1 aromatic carbocycles. The second-order valence-electron chi connectivity index (χ2n) is 6.19. The molecule has 25 heavy (non-hydrogen) atoms. The molecule has 0 radical (unpaired) electrons. The maximum Gasteiger partial charge on any atom is 0.244 e. The fraction of sp³-hybridized carbons (Fsp3) is 0.316. The van der Waals surface area contributed by atoms with Crippen molar-refractivity contribution in [1.82, 2.24) is 20.0 Å². The molecule has 2 atom stereocenters. The van der Waals surface area contributed by atoms with Gasteiger partial charge in [0.2, 0.25) is 11.8 Å². The zero-order valence-corrected chi connectivity index (χ0v) is 14.2. The van der Waals surface area contributed by atoms with Crippen LogP contribution in [0.3, 0.4) is 0 Å². The third-order valence-corrected chi connectivity index (χ3v) is 4.33. The smallest absolute Gasteiger partial charge is 0.244 e. The number of nitrogens with one attached hydrogen (secondary N) is 1. The third-order valence-electron chi connectivity index (χ3n) is 4.33. The summed E-state index contributed by atoms with van der Waals surface area (Å²) in [5.41, 5.74) is 0.943. The summed E-state index contributed by atoms with van der Waals surface area (Å²) >= 11 is 0. The monoisotopic (exact) mass is 338 g/mol. The summed E-state index contributed by atoms with van der Waals surface area (Å²) in [5.74, 6) is -0.330. The molecule has 1 fully saturated rings. The van der Waals surface area contributed by atoms with E-state index >= 15 is 0 Å². The molecule has 6 nitrogen and oxygen atoms in total. The van der Waals surface area contributed by atoms with Crippen molar-refractivity contribution in [2.45, 2.75) is 25.4 Å². The molecule has 2 unspecified atom stereocenters. The molecule has 1 N–H and O–H groups in total. The van der Waals surface area contributed by atoms with Gasteiger partial charge in [0.25, 0.3) is 0 Å². The minimum atomic E-state index is -0.552. The Labute approximate surface area is 147 Å². The minimum Gasteiger partial charge on any atom is -0.341 e. The molecule has 1 saturated heterocycles. The molecule has 1 aromatic heterocycles. The number of carbonyl (C=O) groups is 2. The molecule has 0 bridgehead atoms. The standard InChI is InChI=1S/C19H22N4O2/c1-15(21-18(24)9-8-16-6-3-2-4-7-16)19(25)22-13-10-17(14-22)23-12-5-11-20-23/h2-9,11-12,15,17H,10,13-14H2,1H3,(H,21,24). The van der Waals surface area contributed by atoms with Gasteiger partial charge in [0.15, 0.2) is 0 Å². The Morgan fingerprint density at radius 1 is 1.28 bits per heavy atom. The zero-order chi connectivity index (χ0) is 17.6. The molecule has 0 spiro atoms. The van der Waals surface area contributed by atoms with Crippen LogP contribution in [0.25, 0.3) is 6.08 Å². The number of benzene rings is 1. The van der Waals surface area contributed by atoms with Crippen LogP contribution in [0.1, 0.15) is 24.9 Å². The lowest BCUT2D eigenvalue weighted by atomic mass is 10.2. The summed E-state index contributed by atoms with van der Waals surface area (Å²) in [6.07, 6.45) is 7.72. The van der Waals surface area contributed by atoms with Crippen molar-refractivity contribution in [2.24, 2.45) is 0 Å². The van der Waals surface area contributed by atoms with E-state index in [1.807, 2.05) is 47.3 Å². The first kappa shape index (κ1) is 17.0. The molecule has 2 heterocycles. The largest absolute Gasteiger partial charge is 0.341 e. The Bertz CT molecular complexity index is 740. The first-order chi connectivity index (χ1) is 12.1. The predicted octanol–water partition coefficient (Wildman–Crippen LogP) is 1.87. The van der Waals surface area contributed by atoms with Crippen LogP contribution < -0.4 is 5.32 Å². The van der Waals surface area contributed by atoms with Crippen molar-refractivity contribution >= 4 is 17.9 Å². The molecule has 130 valence electrons. The van der Waals surface area contributed by atoms with E-state index in [1.165, 1.54) is 6.08 Å². The molecule has 0 aliphatic carbocycles. The van der Waals surface area contributed by atoms with Gasteiger partial charge in [-0.15, -0.1) is 0 Å². The highest BCUT2D eigenvalue weighted by Gasteiger charge is 2.30. The van der Waals surface area contributed by atoms with E-state index in [1.54, 1.807) is 24.1 Å². The third kappa shape index (κ3) is 4.35. The molecular weight excluding hydrogens is 316 g/mol. The van der Waals surface area contributed by atoms with Crippen molar-refractivity contribution < 1.29 is 9.59 Å². The van der Waals surface area contributed by atoms with Gasteiger partial charge in [-0.1, -0.05) is 30.3 Å². The van der Waals surface area contributed by atoms with Gasteiger partial charge in [-0.2, -0.15) is 5.10 Å². The van der Waals surface area contributed by atoms with Gasteiger partial charge >= 0.3 is 0 Å². The summed E-state index contributed by atoms with van der Waals surface area (Å²) in [5, 5.41) is 6.98. The van der Waals surface area contributed by atoms with E-state index in [-0.39, 0.29) is 17.9 Å². The van der Waals surface area contributed by atoms with Crippen LogP contribution >= 0.6 is 0 Å². The normalized spacial score (nSPS) is 18.4. The Hall–Kier alpha value is -2.89. The molecule has 2 aromatic rings. The average Bonchev–Trinajstić information content (AvgIpc) is 3.31. The number of carbonyl (C=O) groups excluding carboxylic acids is 2. The minimum absolute atomic E-state index is 0.0592. The number of likely N-dealkylation sites (tertiary alicyclic amines) is 1. The van der Waals surface area contributed by atoms with Crippen molar-refractivity contribution in [3.63, 3.8) is 0 Å². The number of amides is 2. The van der Waals surface area contributed by atoms with Gasteiger partial charge in [0, 0.05) is 31.6 Å². The van der Waals surface area contributed by atoms with E-state index in [0.717, 1.165) is 12.0 Å². The van der Waals surface area contributed by atoms with Gasteiger partial charge in [-0.3, -0.25) is 14.3 Å². The molecule has 3 rings (SSSR count). The Morgan fingerprint density at radius 3 is 2.80 bits per heavy atom. The van der Waals surface area contributed by atoms with Crippen LogP contribution in [0.15, 0.2) is 54.9 Å². The SMILES string of the molecule is CC(NC(=O)C=Cc1ccccc1)C(=O)N1CCC(n2cccn2)C1. The Morgan fingerprint density at radius 2 is 2.08 bits per heavy atom. The summed E-state index contributed by atoms with van der Waals surface area (Å²) in [6.45, 7) is 3.03. The second-order valence-corrected chi connectivity index (χ2v) is 6.19. The van der Waals surface area contributed by atoms with E-state index in [0.29, 0.717) is 13.1 Å². The summed E-state index contributed by atoms with van der Waals surface area (Å²) in [4.78, 5) is 26.3. The lowest BCUT2D eigenvalue weighted by Gasteiger charge is -2.21. The van der Waals surface area contributed by atoms with E-state index in [2.05, 4.69) is 10.4 Å². The van der Waals surface area contributed by atoms with Crippen LogP contribution in [0.4, 0.5) is 0 Å². The highest BCUT2D eigenvalue weighted by molar-refractivity contribution is 5.95. The fourth-order valence-corrected chi connectivity index (χ4v) is 2.99. The lowest BCUT2D eigenvalue weighted by molar-refractivity contribution is -0.134. The Balaban J connectivity index is 1.51. The number of hydrogen-bond donors (Lipinski definition) is 1. The van der Waals surface area contributed by atoms with Crippen LogP contribution in [-0.4, -0.2) is 45.6 Å². The number of aromatic nitrogens is 2. The average molecular weight is 338 g/mol. The maximum absolute atomic E-state index is 12.5. The van der Waals surface area contributed by atoms with Gasteiger partial charge in [-0.05, 0) is 31.1 Å². The highest BCUT2D eigenvalue weighted by Crippen LogP contribution is 2.21. The van der Waals surface area contributed by atoms with Crippen molar-refractivity contribution in [3.8, 4) is 0 Å². The quantitative estimate of drug-likeness (QED) is 0.847. The van der Waals surface area contributed by atoms with Gasteiger partial charge in [0.05, 0.1) is 6.04 Å². The number of nitrogens with zero attached hydrogens (tertiary/aromatic N) is 3. The van der Waals surface area contributed by atoms with Crippen LogP contribution in [0.2, 0.25) is 0 Å². The first-order valence-electron chi connectivity index (χ1n) is 8.45. The molecule has 1 aliphatic heterocycles. The maximum atomic E-state index is 12.5. The molecule has 2 amide bonds. The van der Waals surface area contributed by atoms with Crippen molar-refractivity contribution in [2.75, 3.05) is 13.1 Å². The van der Waals surface area contributed by atoms with Crippen molar-refractivity contribution in [3.05, 3.63) is 60.4 Å². The Kier molecular flexibility index (Phi) is 5.28. The summed E-state index contributed by atoms with van der Waals surface area (Å²) in [6, 6.07) is 11.1. The zero-order valence-electron chi connectivity index (χ0n) is 14.2. The molecule has 1 aliphatic rings. The van der Waals surface area contributed by atoms with E-state index in [9.17, 15) is 9.59 Å². The topological polar surface area (TPSA) is 67.2 Å². The van der Waals surface area contributed by atoms with Gasteiger partial charge < -0.3 is 10.2 Å². The van der Waals surface area contributed by atoms with E-state index in [4.69, 9.17) is 0 Å². The molecule has 6 heteroatoms. The molecule has 0 saturated carbocycles. The number of rotatable bonds is 5. The van der Waals surface area contributed by atoms with Gasteiger partial charge in [0.1, 0.15) is 6.04 Å². The van der Waals surface area contributed by atoms with Crippen molar-refractivity contribution in [1.29, 1.82) is 0 Å². The lowest BCUT2D eigenvalue weighted by Crippen LogP contribution is -2.45. The van der Waals surface area contributed by atoms with Crippen LogP contribution in [0.5, 0.6) is 0 Å². The second kappa shape index (κ2) is 7.79. The fourth-order valence-electron chi connectivity index (χ4n) is 2.99. The van der Waals surface area contributed by atoms with Crippen LogP contribution in [0, 0.1) is 0 Å². The van der Waals surface area contributed by atoms with E-state index < -0.39 is 6.04 Å². The van der Waals surface area contributed by atoms with Gasteiger partial charge in [-0.25, -0.2) is 0 Å². The summed E-state index contributed by atoms with van der Waals surface area (Å²) < 4.78 is 1.89. The first-order valence-corrected chi connectivity index (χ1v) is 8.45. The number of hydrogen-bond acceptors (Lipinski definition) is 3. The van der Waals surface area contributed by atoms with Crippen LogP contribution in [-0.2, 0) is 9.59 Å². The molecular formula is C19H22N4O2. The summed E-state index contributed by atoms with van der Waals surface area (Å²) in [7, 11) is 0.